The first-order valence-corrected chi connectivity index (χ1v) is 6.38. The second kappa shape index (κ2) is 3.77. The van der Waals surface area contributed by atoms with Crippen molar-refractivity contribution in [3.05, 3.63) is 29.8 Å². The lowest BCUT2D eigenvalue weighted by Gasteiger charge is -2.28. The molecule has 0 saturated heterocycles. The van der Waals surface area contributed by atoms with Crippen LogP contribution in [0.2, 0.25) is 0 Å². The Morgan fingerprint density at radius 1 is 1.38 bits per heavy atom. The standard InChI is InChI=1S/C14H20N2/c1-10(15)9-16-13-7-3-2-5-11(13)12-6-4-8-14(12)16/h2-3,5,7,10,12,14H,4,6,8-9,15H2,1H3/t10-,12?,14?/m0/s1. The number of nitrogens with two attached hydrogens (primary N) is 1. The molecule has 3 rings (SSSR count). The Bertz CT molecular complexity index is 386. The van der Waals surface area contributed by atoms with Crippen molar-refractivity contribution in [3.8, 4) is 0 Å². The number of fused-ring (bicyclic) bond motifs is 3. The Morgan fingerprint density at radius 2 is 2.19 bits per heavy atom. The van der Waals surface area contributed by atoms with Gasteiger partial charge in [-0.25, -0.2) is 0 Å². The molecule has 0 aromatic heterocycles. The number of anilines is 1. The van der Waals surface area contributed by atoms with Crippen molar-refractivity contribution in [2.45, 2.75) is 44.2 Å². The minimum atomic E-state index is 0.257. The van der Waals surface area contributed by atoms with Gasteiger partial charge >= 0.3 is 0 Å². The van der Waals surface area contributed by atoms with Crippen LogP contribution in [0.25, 0.3) is 0 Å². The van der Waals surface area contributed by atoms with Gasteiger partial charge in [0.2, 0.25) is 0 Å². The molecule has 1 saturated carbocycles. The first kappa shape index (κ1) is 10.2. The molecule has 0 amide bonds. The molecule has 0 radical (unpaired) electrons. The van der Waals surface area contributed by atoms with Crippen molar-refractivity contribution >= 4 is 5.69 Å². The van der Waals surface area contributed by atoms with Crippen molar-refractivity contribution in [2.24, 2.45) is 5.73 Å². The summed E-state index contributed by atoms with van der Waals surface area (Å²) in [7, 11) is 0. The SMILES string of the molecule is C[C@H](N)CN1c2ccccc2C2CCCC21. The van der Waals surface area contributed by atoms with Crippen LogP contribution in [-0.4, -0.2) is 18.6 Å². The Morgan fingerprint density at radius 3 is 3.00 bits per heavy atom. The fraction of sp³-hybridized carbons (Fsp3) is 0.571. The van der Waals surface area contributed by atoms with E-state index in [1.165, 1.54) is 24.9 Å². The second-order valence-electron chi connectivity index (χ2n) is 5.29. The normalized spacial score (nSPS) is 29.0. The van der Waals surface area contributed by atoms with Gasteiger partial charge in [0.05, 0.1) is 0 Å². The van der Waals surface area contributed by atoms with Gasteiger partial charge in [0.15, 0.2) is 0 Å². The van der Waals surface area contributed by atoms with Gasteiger partial charge in [-0.2, -0.15) is 0 Å². The van der Waals surface area contributed by atoms with E-state index < -0.39 is 0 Å². The molecule has 0 bridgehead atoms. The van der Waals surface area contributed by atoms with E-state index in [9.17, 15) is 0 Å². The number of benzene rings is 1. The van der Waals surface area contributed by atoms with Gasteiger partial charge in [0.1, 0.15) is 0 Å². The number of para-hydroxylation sites is 1. The van der Waals surface area contributed by atoms with Crippen LogP contribution in [0.1, 0.15) is 37.7 Å². The van der Waals surface area contributed by atoms with Crippen LogP contribution in [0, 0.1) is 0 Å². The maximum atomic E-state index is 5.97. The summed E-state index contributed by atoms with van der Waals surface area (Å²) in [6.07, 6.45) is 4.07. The first-order chi connectivity index (χ1) is 7.77. The number of nitrogens with zero attached hydrogens (tertiary/aromatic N) is 1. The van der Waals surface area contributed by atoms with Crippen molar-refractivity contribution in [3.63, 3.8) is 0 Å². The van der Waals surface area contributed by atoms with Crippen molar-refractivity contribution in [1.82, 2.24) is 0 Å². The highest BCUT2D eigenvalue weighted by Gasteiger charge is 2.40. The zero-order chi connectivity index (χ0) is 11.1. The lowest BCUT2D eigenvalue weighted by Crippen LogP contribution is -2.40. The summed E-state index contributed by atoms with van der Waals surface area (Å²) >= 11 is 0. The molecule has 1 aliphatic heterocycles. The molecule has 2 heteroatoms. The van der Waals surface area contributed by atoms with Crippen molar-refractivity contribution in [1.29, 1.82) is 0 Å². The van der Waals surface area contributed by atoms with E-state index in [1.807, 2.05) is 0 Å². The third kappa shape index (κ3) is 1.44. The van der Waals surface area contributed by atoms with Gasteiger partial charge in [0.25, 0.3) is 0 Å². The fourth-order valence-electron chi connectivity index (χ4n) is 3.46. The summed E-state index contributed by atoms with van der Waals surface area (Å²) in [6.45, 7) is 3.10. The molecule has 1 heterocycles. The van der Waals surface area contributed by atoms with Crippen LogP contribution < -0.4 is 10.6 Å². The lowest BCUT2D eigenvalue weighted by atomic mass is 9.98. The Labute approximate surface area is 97.4 Å². The van der Waals surface area contributed by atoms with Crippen LogP contribution in [0.5, 0.6) is 0 Å². The van der Waals surface area contributed by atoms with E-state index in [-0.39, 0.29) is 6.04 Å². The minimum Gasteiger partial charge on any atom is -0.366 e. The van der Waals surface area contributed by atoms with Crippen molar-refractivity contribution < 1.29 is 0 Å². The highest BCUT2D eigenvalue weighted by molar-refractivity contribution is 5.62. The molecule has 2 aliphatic rings. The summed E-state index contributed by atoms with van der Waals surface area (Å²) < 4.78 is 0. The molecule has 2 nitrogen and oxygen atoms in total. The monoisotopic (exact) mass is 216 g/mol. The molecule has 1 aliphatic carbocycles. The Kier molecular flexibility index (Phi) is 2.40. The summed E-state index contributed by atoms with van der Waals surface area (Å²) in [5, 5.41) is 0. The molecule has 86 valence electrons. The van der Waals surface area contributed by atoms with Crippen molar-refractivity contribution in [2.75, 3.05) is 11.4 Å². The van der Waals surface area contributed by atoms with Gasteiger partial charge in [0, 0.05) is 30.2 Å². The number of hydrogen-bond donors (Lipinski definition) is 1. The van der Waals surface area contributed by atoms with Crippen LogP contribution in [-0.2, 0) is 0 Å². The molecule has 2 N–H and O–H groups in total. The van der Waals surface area contributed by atoms with Gasteiger partial charge < -0.3 is 10.6 Å². The molecular formula is C14H20N2. The van der Waals surface area contributed by atoms with E-state index in [0.29, 0.717) is 0 Å². The summed E-state index contributed by atoms with van der Waals surface area (Å²) in [4.78, 5) is 2.55. The molecule has 0 spiro atoms. The molecule has 2 unspecified atom stereocenters. The number of rotatable bonds is 2. The zero-order valence-electron chi connectivity index (χ0n) is 9.89. The predicted octanol–water partition coefficient (Wildman–Crippen LogP) is 2.49. The van der Waals surface area contributed by atoms with E-state index in [0.717, 1.165) is 18.5 Å². The molecule has 1 aromatic rings. The maximum Gasteiger partial charge on any atom is 0.0405 e. The molecule has 1 fully saturated rings. The minimum absolute atomic E-state index is 0.257. The Hall–Kier alpha value is -1.02. The first-order valence-electron chi connectivity index (χ1n) is 6.38. The molecule has 3 atom stereocenters. The Balaban J connectivity index is 1.98. The van der Waals surface area contributed by atoms with Gasteiger partial charge in [-0.05, 0) is 31.4 Å². The average molecular weight is 216 g/mol. The highest BCUT2D eigenvalue weighted by atomic mass is 15.2. The van der Waals surface area contributed by atoms with Crippen LogP contribution in [0.4, 0.5) is 5.69 Å². The maximum absolute atomic E-state index is 5.97. The predicted molar refractivity (Wildman–Crippen MR) is 67.8 cm³/mol. The highest BCUT2D eigenvalue weighted by Crippen LogP contribution is 2.48. The summed E-state index contributed by atoms with van der Waals surface area (Å²) in [5.74, 6) is 0.773. The summed E-state index contributed by atoms with van der Waals surface area (Å²) in [5.41, 5.74) is 8.97. The van der Waals surface area contributed by atoms with Gasteiger partial charge in [-0.1, -0.05) is 24.6 Å². The fourth-order valence-corrected chi connectivity index (χ4v) is 3.46. The van der Waals surface area contributed by atoms with E-state index in [1.54, 1.807) is 5.56 Å². The molecular weight excluding hydrogens is 196 g/mol. The quantitative estimate of drug-likeness (QED) is 0.823. The van der Waals surface area contributed by atoms with Crippen LogP contribution in [0.3, 0.4) is 0 Å². The van der Waals surface area contributed by atoms with Crippen LogP contribution in [0.15, 0.2) is 24.3 Å². The van der Waals surface area contributed by atoms with E-state index >= 15 is 0 Å². The third-order valence-corrected chi connectivity index (χ3v) is 4.01. The van der Waals surface area contributed by atoms with E-state index in [2.05, 4.69) is 36.1 Å². The summed E-state index contributed by atoms with van der Waals surface area (Å²) in [6, 6.07) is 9.86. The van der Waals surface area contributed by atoms with Crippen LogP contribution >= 0.6 is 0 Å². The number of hydrogen-bond acceptors (Lipinski definition) is 2. The average Bonchev–Trinajstić information content (AvgIpc) is 2.82. The lowest BCUT2D eigenvalue weighted by molar-refractivity contribution is 0.562. The zero-order valence-corrected chi connectivity index (χ0v) is 9.89. The largest absolute Gasteiger partial charge is 0.366 e. The van der Waals surface area contributed by atoms with Gasteiger partial charge in [-0.15, -0.1) is 0 Å². The second-order valence-corrected chi connectivity index (χ2v) is 5.29. The smallest absolute Gasteiger partial charge is 0.0405 e. The van der Waals surface area contributed by atoms with Gasteiger partial charge in [-0.3, -0.25) is 0 Å². The molecule has 16 heavy (non-hydrogen) atoms. The third-order valence-electron chi connectivity index (χ3n) is 4.01. The molecule has 1 aromatic carbocycles. The van der Waals surface area contributed by atoms with E-state index in [4.69, 9.17) is 5.73 Å². The topological polar surface area (TPSA) is 29.3 Å².